The summed E-state index contributed by atoms with van der Waals surface area (Å²) in [5, 5.41) is 2.36. The van der Waals surface area contributed by atoms with Crippen molar-refractivity contribution in [2.45, 2.75) is 13.8 Å². The van der Waals surface area contributed by atoms with Gasteiger partial charge in [-0.3, -0.25) is 9.69 Å². The first-order valence-electron chi connectivity index (χ1n) is 3.26. The lowest BCUT2D eigenvalue weighted by Gasteiger charge is -1.99. The summed E-state index contributed by atoms with van der Waals surface area (Å²) in [4.78, 5) is 21.9. The number of likely N-dealkylation sites (N-methyl/N-ethyl adjacent to an activating group) is 1. The highest BCUT2D eigenvalue weighted by Crippen LogP contribution is 1.91. The summed E-state index contributed by atoms with van der Waals surface area (Å²) < 4.78 is 0. The molecule has 10 heavy (non-hydrogen) atoms. The van der Waals surface area contributed by atoms with Crippen molar-refractivity contribution in [2.24, 2.45) is 0 Å². The lowest BCUT2D eigenvalue weighted by Crippen LogP contribution is -2.25. The van der Waals surface area contributed by atoms with Gasteiger partial charge < -0.3 is 5.32 Å². The Morgan fingerprint density at radius 2 is 1.90 bits per heavy atom. The van der Waals surface area contributed by atoms with E-state index in [0.717, 1.165) is 4.90 Å². The van der Waals surface area contributed by atoms with Gasteiger partial charge in [0.15, 0.2) is 0 Å². The molecule has 1 aliphatic heterocycles. The number of hydrogen-bond donors (Lipinski definition) is 1. The number of urea groups is 1. The summed E-state index contributed by atoms with van der Waals surface area (Å²) in [6, 6.07) is -0.310. The minimum Gasteiger partial charge on any atom is -0.329 e. The van der Waals surface area contributed by atoms with E-state index in [1.807, 2.05) is 13.8 Å². The SMILES string of the molecule is CC.CN1C(=O)CNC1=O. The van der Waals surface area contributed by atoms with E-state index in [9.17, 15) is 9.59 Å². The predicted molar refractivity (Wildman–Crippen MR) is 37.5 cm³/mol. The van der Waals surface area contributed by atoms with Gasteiger partial charge in [0.2, 0.25) is 5.91 Å². The van der Waals surface area contributed by atoms with Crippen molar-refractivity contribution < 1.29 is 9.59 Å². The molecule has 0 saturated carbocycles. The second-order valence-electron chi connectivity index (χ2n) is 1.61. The first kappa shape index (κ1) is 8.94. The number of carbonyl (C=O) groups is 2. The van der Waals surface area contributed by atoms with Crippen LogP contribution in [0.25, 0.3) is 0 Å². The van der Waals surface area contributed by atoms with Crippen molar-refractivity contribution in [3.05, 3.63) is 0 Å². The van der Waals surface area contributed by atoms with Gasteiger partial charge in [0, 0.05) is 7.05 Å². The van der Waals surface area contributed by atoms with Crippen molar-refractivity contribution in [1.29, 1.82) is 0 Å². The predicted octanol–water partition coefficient (Wildman–Crippen LogP) is 0.194. The molecule has 1 rings (SSSR count). The molecule has 0 aromatic heterocycles. The Kier molecular flexibility index (Phi) is 3.46. The third-order valence-electron chi connectivity index (χ3n) is 1.07. The Balaban J connectivity index is 0.000000371. The zero-order valence-corrected chi connectivity index (χ0v) is 6.47. The fourth-order valence-electron chi connectivity index (χ4n) is 0.502. The van der Waals surface area contributed by atoms with Crippen LogP contribution in [-0.2, 0) is 4.79 Å². The van der Waals surface area contributed by atoms with Gasteiger partial charge in [-0.25, -0.2) is 4.79 Å². The molecule has 0 radical (unpaired) electrons. The third-order valence-corrected chi connectivity index (χ3v) is 1.07. The van der Waals surface area contributed by atoms with Crippen LogP contribution in [0.5, 0.6) is 0 Å². The molecule has 1 heterocycles. The molecule has 4 heteroatoms. The number of amides is 3. The molecule has 0 aromatic rings. The maximum Gasteiger partial charge on any atom is 0.324 e. The summed E-state index contributed by atoms with van der Waals surface area (Å²) in [5.41, 5.74) is 0. The second-order valence-corrected chi connectivity index (χ2v) is 1.61. The topological polar surface area (TPSA) is 49.4 Å². The van der Waals surface area contributed by atoms with E-state index in [1.54, 1.807) is 0 Å². The van der Waals surface area contributed by atoms with Crippen LogP contribution in [0, 0.1) is 0 Å². The van der Waals surface area contributed by atoms with Crippen LogP contribution in [-0.4, -0.2) is 30.4 Å². The molecule has 0 spiro atoms. The van der Waals surface area contributed by atoms with Gasteiger partial charge in [-0.15, -0.1) is 0 Å². The molecular weight excluding hydrogens is 132 g/mol. The molecule has 0 unspecified atom stereocenters. The van der Waals surface area contributed by atoms with Crippen molar-refractivity contribution in [3.8, 4) is 0 Å². The number of carbonyl (C=O) groups excluding carboxylic acids is 2. The standard InChI is InChI=1S/C4H6N2O2.C2H6/c1-6-3(7)2-5-4(6)8;1-2/h2H2,1H3,(H,5,8);1-2H3. The summed E-state index contributed by atoms with van der Waals surface area (Å²) in [6.45, 7) is 4.15. The molecule has 58 valence electrons. The van der Waals surface area contributed by atoms with Crippen LogP contribution in [0.4, 0.5) is 4.79 Å². The Labute approximate surface area is 60.2 Å². The van der Waals surface area contributed by atoms with Gasteiger partial charge in [-0.1, -0.05) is 13.8 Å². The lowest BCUT2D eigenvalue weighted by atomic mass is 10.6. The maximum absolute atomic E-state index is 10.4. The molecule has 0 atom stereocenters. The smallest absolute Gasteiger partial charge is 0.324 e. The average Bonchev–Trinajstić information content (AvgIpc) is 2.25. The minimum absolute atomic E-state index is 0.148. The van der Waals surface area contributed by atoms with Crippen molar-refractivity contribution in [1.82, 2.24) is 10.2 Å². The Hall–Kier alpha value is -1.06. The van der Waals surface area contributed by atoms with Crippen LogP contribution in [0.2, 0.25) is 0 Å². The summed E-state index contributed by atoms with van der Waals surface area (Å²) in [5.74, 6) is -0.171. The van der Waals surface area contributed by atoms with Gasteiger partial charge in [0.1, 0.15) is 0 Å². The first-order valence-corrected chi connectivity index (χ1v) is 3.26. The number of hydrogen-bond acceptors (Lipinski definition) is 2. The zero-order chi connectivity index (χ0) is 8.15. The molecule has 3 amide bonds. The Bertz CT molecular complexity index is 129. The van der Waals surface area contributed by atoms with Crippen LogP contribution >= 0.6 is 0 Å². The van der Waals surface area contributed by atoms with Crippen LogP contribution in [0.3, 0.4) is 0 Å². The van der Waals surface area contributed by atoms with Crippen molar-refractivity contribution in [3.63, 3.8) is 0 Å². The van der Waals surface area contributed by atoms with E-state index in [4.69, 9.17) is 0 Å². The molecule has 0 bridgehead atoms. The Morgan fingerprint density at radius 1 is 1.40 bits per heavy atom. The van der Waals surface area contributed by atoms with Gasteiger partial charge >= 0.3 is 6.03 Å². The number of nitrogens with zero attached hydrogens (tertiary/aromatic N) is 1. The highest BCUT2D eigenvalue weighted by atomic mass is 16.2. The van der Waals surface area contributed by atoms with E-state index in [1.165, 1.54) is 7.05 Å². The molecular formula is C6H12N2O2. The van der Waals surface area contributed by atoms with Gasteiger partial charge in [0.25, 0.3) is 0 Å². The lowest BCUT2D eigenvalue weighted by molar-refractivity contribution is -0.124. The van der Waals surface area contributed by atoms with Crippen molar-refractivity contribution >= 4 is 11.9 Å². The summed E-state index contributed by atoms with van der Waals surface area (Å²) in [6.07, 6.45) is 0. The van der Waals surface area contributed by atoms with E-state index in [2.05, 4.69) is 5.32 Å². The first-order chi connectivity index (χ1) is 4.72. The van der Waals surface area contributed by atoms with Crippen LogP contribution < -0.4 is 5.32 Å². The number of imide groups is 1. The number of nitrogens with one attached hydrogen (secondary N) is 1. The monoisotopic (exact) mass is 144 g/mol. The number of rotatable bonds is 0. The molecule has 1 N–H and O–H groups in total. The van der Waals surface area contributed by atoms with Gasteiger partial charge in [-0.05, 0) is 0 Å². The van der Waals surface area contributed by atoms with Crippen molar-refractivity contribution in [2.75, 3.05) is 13.6 Å². The van der Waals surface area contributed by atoms with Gasteiger partial charge in [-0.2, -0.15) is 0 Å². The second kappa shape index (κ2) is 3.87. The van der Waals surface area contributed by atoms with Gasteiger partial charge in [0.05, 0.1) is 6.54 Å². The minimum atomic E-state index is -0.310. The average molecular weight is 144 g/mol. The highest BCUT2D eigenvalue weighted by Gasteiger charge is 2.23. The summed E-state index contributed by atoms with van der Waals surface area (Å²) in [7, 11) is 1.45. The van der Waals surface area contributed by atoms with E-state index < -0.39 is 0 Å². The quantitative estimate of drug-likeness (QED) is 0.493. The highest BCUT2D eigenvalue weighted by molar-refractivity contribution is 6.01. The largest absolute Gasteiger partial charge is 0.329 e. The zero-order valence-electron chi connectivity index (χ0n) is 6.47. The maximum atomic E-state index is 10.4. The molecule has 1 fully saturated rings. The molecule has 1 saturated heterocycles. The van der Waals surface area contributed by atoms with E-state index >= 15 is 0 Å². The fraction of sp³-hybridized carbons (Fsp3) is 0.667. The fourth-order valence-corrected chi connectivity index (χ4v) is 0.502. The van der Waals surface area contributed by atoms with E-state index in [-0.39, 0.29) is 18.5 Å². The van der Waals surface area contributed by atoms with Crippen LogP contribution in [0.15, 0.2) is 0 Å². The van der Waals surface area contributed by atoms with Crippen LogP contribution in [0.1, 0.15) is 13.8 Å². The third kappa shape index (κ3) is 1.72. The van der Waals surface area contributed by atoms with E-state index in [0.29, 0.717) is 0 Å². The summed E-state index contributed by atoms with van der Waals surface area (Å²) >= 11 is 0. The Morgan fingerprint density at radius 3 is 2.00 bits per heavy atom. The molecule has 0 aliphatic carbocycles. The molecule has 0 aromatic carbocycles. The molecule has 1 aliphatic rings. The molecule has 4 nitrogen and oxygen atoms in total. The normalized spacial score (nSPS) is 16.1.